The van der Waals surface area contributed by atoms with Crippen molar-refractivity contribution in [1.82, 2.24) is 5.32 Å². The summed E-state index contributed by atoms with van der Waals surface area (Å²) in [4.78, 5) is 22.1. The van der Waals surface area contributed by atoms with E-state index in [1.165, 1.54) is 23.4 Å². The van der Waals surface area contributed by atoms with Gasteiger partial charge in [0.2, 0.25) is 0 Å². The van der Waals surface area contributed by atoms with Gasteiger partial charge < -0.3 is 15.2 Å². The smallest absolute Gasteiger partial charge is 0.408 e. The molecule has 0 radical (unpaired) electrons. The Morgan fingerprint density at radius 2 is 2.17 bits per heavy atom. The molecule has 0 heterocycles. The van der Waals surface area contributed by atoms with Gasteiger partial charge in [0.05, 0.1) is 0 Å². The molecule has 0 aliphatic carbocycles. The maximum atomic E-state index is 11.2. The molecule has 5 nitrogen and oxygen atoms in total. The zero-order chi connectivity index (χ0) is 14.0. The zero-order valence-electron chi connectivity index (χ0n) is 10.6. The molecule has 0 aromatic rings. The Balaban J connectivity index is 4.07. The van der Waals surface area contributed by atoms with E-state index in [2.05, 4.69) is 16.6 Å². The van der Waals surface area contributed by atoms with E-state index in [1.54, 1.807) is 0 Å². The van der Waals surface area contributed by atoms with Crippen LogP contribution in [0.1, 0.15) is 13.8 Å². The summed E-state index contributed by atoms with van der Waals surface area (Å²) in [6.07, 6.45) is 2.67. The van der Waals surface area contributed by atoms with Gasteiger partial charge in [0.1, 0.15) is 12.6 Å². The fraction of sp³-hybridized carbons (Fsp3) is 0.500. The van der Waals surface area contributed by atoms with Gasteiger partial charge in [-0.2, -0.15) is 11.8 Å². The number of aliphatic carboxylic acids is 1. The SMILES string of the molecule is C=CCOC(=O)NC(CSCC=C(C)C)C(=O)O. The predicted molar refractivity (Wildman–Crippen MR) is 72.9 cm³/mol. The van der Waals surface area contributed by atoms with Crippen molar-refractivity contribution in [3.63, 3.8) is 0 Å². The van der Waals surface area contributed by atoms with Gasteiger partial charge in [-0.25, -0.2) is 9.59 Å². The quantitative estimate of drug-likeness (QED) is 0.523. The van der Waals surface area contributed by atoms with E-state index in [9.17, 15) is 9.59 Å². The second-order valence-electron chi connectivity index (χ2n) is 3.74. The number of carboxylic acids is 1. The maximum absolute atomic E-state index is 11.2. The predicted octanol–water partition coefficient (Wildman–Crippen LogP) is 2.05. The zero-order valence-corrected chi connectivity index (χ0v) is 11.5. The van der Waals surface area contributed by atoms with Crippen LogP contribution in [-0.2, 0) is 9.53 Å². The third kappa shape index (κ3) is 8.69. The molecule has 1 amide bonds. The minimum absolute atomic E-state index is 0.0586. The molecule has 1 atom stereocenters. The van der Waals surface area contributed by atoms with E-state index in [0.717, 1.165) is 5.75 Å². The summed E-state index contributed by atoms with van der Waals surface area (Å²) in [6, 6.07) is -0.946. The number of ether oxygens (including phenoxy) is 1. The Hall–Kier alpha value is -1.43. The lowest BCUT2D eigenvalue weighted by molar-refractivity contribution is -0.138. The molecule has 1 unspecified atom stereocenters. The van der Waals surface area contributed by atoms with Crippen LogP contribution in [0, 0.1) is 0 Å². The molecular formula is C12H19NO4S. The van der Waals surface area contributed by atoms with Crippen molar-refractivity contribution in [3.8, 4) is 0 Å². The van der Waals surface area contributed by atoms with Gasteiger partial charge >= 0.3 is 12.1 Å². The first-order chi connectivity index (χ1) is 8.47. The summed E-state index contributed by atoms with van der Waals surface area (Å²) >= 11 is 1.44. The van der Waals surface area contributed by atoms with E-state index < -0.39 is 18.1 Å². The summed E-state index contributed by atoms with van der Waals surface area (Å²) in [5.74, 6) is -0.0621. The highest BCUT2D eigenvalue weighted by atomic mass is 32.2. The molecule has 0 fully saturated rings. The lowest BCUT2D eigenvalue weighted by atomic mass is 10.3. The average molecular weight is 273 g/mol. The first-order valence-electron chi connectivity index (χ1n) is 5.45. The van der Waals surface area contributed by atoms with Gasteiger partial charge in [-0.15, -0.1) is 0 Å². The molecule has 0 bridgehead atoms. The fourth-order valence-corrected chi connectivity index (χ4v) is 1.95. The van der Waals surface area contributed by atoms with E-state index in [1.807, 2.05) is 19.9 Å². The molecule has 0 spiro atoms. The fourth-order valence-electron chi connectivity index (χ4n) is 0.905. The van der Waals surface area contributed by atoms with Crippen molar-refractivity contribution in [3.05, 3.63) is 24.3 Å². The molecule has 6 heteroatoms. The highest BCUT2D eigenvalue weighted by Gasteiger charge is 2.20. The second kappa shape index (κ2) is 9.58. The summed E-state index contributed by atoms with van der Waals surface area (Å²) in [5.41, 5.74) is 1.17. The van der Waals surface area contributed by atoms with Crippen molar-refractivity contribution in [1.29, 1.82) is 0 Å². The number of carbonyl (C=O) groups is 2. The van der Waals surface area contributed by atoms with Crippen LogP contribution in [-0.4, -0.2) is 41.3 Å². The van der Waals surface area contributed by atoms with E-state index in [-0.39, 0.29) is 6.61 Å². The molecule has 0 saturated heterocycles. The van der Waals surface area contributed by atoms with Crippen molar-refractivity contribution >= 4 is 23.8 Å². The number of carbonyl (C=O) groups excluding carboxylic acids is 1. The Morgan fingerprint density at radius 1 is 1.50 bits per heavy atom. The van der Waals surface area contributed by atoms with Crippen LogP contribution in [0.5, 0.6) is 0 Å². The number of allylic oxidation sites excluding steroid dienone is 1. The number of thioether (sulfide) groups is 1. The third-order valence-electron chi connectivity index (χ3n) is 1.82. The van der Waals surface area contributed by atoms with Gasteiger partial charge in [0, 0.05) is 11.5 Å². The number of rotatable bonds is 8. The van der Waals surface area contributed by atoms with E-state index in [4.69, 9.17) is 5.11 Å². The minimum Gasteiger partial charge on any atom is -0.480 e. The van der Waals surface area contributed by atoms with Crippen molar-refractivity contribution in [2.24, 2.45) is 0 Å². The Labute approximate surface area is 111 Å². The molecule has 0 aliphatic rings. The summed E-state index contributed by atoms with van der Waals surface area (Å²) < 4.78 is 4.66. The third-order valence-corrected chi connectivity index (χ3v) is 2.79. The topological polar surface area (TPSA) is 75.6 Å². The van der Waals surface area contributed by atoms with Crippen LogP contribution in [0.2, 0.25) is 0 Å². The molecule has 0 aliphatic heterocycles. The van der Waals surface area contributed by atoms with Crippen LogP contribution < -0.4 is 5.32 Å². The van der Waals surface area contributed by atoms with Gasteiger partial charge in [-0.1, -0.05) is 24.3 Å². The van der Waals surface area contributed by atoms with Gasteiger partial charge in [0.15, 0.2) is 0 Å². The van der Waals surface area contributed by atoms with Crippen LogP contribution >= 0.6 is 11.8 Å². The first kappa shape index (κ1) is 16.6. The molecular weight excluding hydrogens is 254 g/mol. The standard InChI is InChI=1S/C12H19NO4S/c1-4-6-17-12(16)13-10(11(14)15)8-18-7-5-9(2)3/h4-5,10H,1,6-8H2,2-3H3,(H,13,16)(H,14,15). The number of carboxylic acid groups (broad SMARTS) is 1. The van der Waals surface area contributed by atoms with Crippen LogP contribution in [0.25, 0.3) is 0 Å². The molecule has 0 rings (SSSR count). The minimum atomic E-state index is -1.07. The van der Waals surface area contributed by atoms with Crippen molar-refractivity contribution < 1.29 is 19.4 Å². The van der Waals surface area contributed by atoms with Crippen LogP contribution in [0.4, 0.5) is 4.79 Å². The normalized spacial score (nSPS) is 11.2. The van der Waals surface area contributed by atoms with Gasteiger partial charge in [0.25, 0.3) is 0 Å². The van der Waals surface area contributed by atoms with Crippen LogP contribution in [0.3, 0.4) is 0 Å². The average Bonchev–Trinajstić information content (AvgIpc) is 2.29. The second-order valence-corrected chi connectivity index (χ2v) is 4.82. The lowest BCUT2D eigenvalue weighted by Gasteiger charge is -2.13. The van der Waals surface area contributed by atoms with Crippen LogP contribution in [0.15, 0.2) is 24.3 Å². The van der Waals surface area contributed by atoms with Crippen molar-refractivity contribution in [2.45, 2.75) is 19.9 Å². The maximum Gasteiger partial charge on any atom is 0.408 e. The summed E-state index contributed by atoms with van der Waals surface area (Å²) in [6.45, 7) is 7.40. The molecule has 0 aromatic carbocycles. The van der Waals surface area contributed by atoms with Gasteiger partial charge in [-0.05, 0) is 13.8 Å². The van der Waals surface area contributed by atoms with Gasteiger partial charge in [-0.3, -0.25) is 0 Å². The Morgan fingerprint density at radius 3 is 2.67 bits per heavy atom. The molecule has 0 aromatic heterocycles. The summed E-state index contributed by atoms with van der Waals surface area (Å²) in [7, 11) is 0. The monoisotopic (exact) mass is 273 g/mol. The largest absolute Gasteiger partial charge is 0.480 e. The number of alkyl carbamates (subject to hydrolysis) is 1. The van der Waals surface area contributed by atoms with Crippen molar-refractivity contribution in [2.75, 3.05) is 18.1 Å². The molecule has 18 heavy (non-hydrogen) atoms. The number of hydrogen-bond donors (Lipinski definition) is 2. The molecule has 0 saturated carbocycles. The Bertz CT molecular complexity index is 324. The highest BCUT2D eigenvalue weighted by molar-refractivity contribution is 7.99. The lowest BCUT2D eigenvalue weighted by Crippen LogP contribution is -2.42. The van der Waals surface area contributed by atoms with E-state index in [0.29, 0.717) is 5.75 Å². The number of amides is 1. The molecule has 2 N–H and O–H groups in total. The number of hydrogen-bond acceptors (Lipinski definition) is 4. The first-order valence-corrected chi connectivity index (χ1v) is 6.61. The summed E-state index contributed by atoms with van der Waals surface area (Å²) in [5, 5.41) is 11.2. The highest BCUT2D eigenvalue weighted by Crippen LogP contribution is 2.05. The molecule has 102 valence electrons. The number of nitrogens with one attached hydrogen (secondary N) is 1. The van der Waals surface area contributed by atoms with E-state index >= 15 is 0 Å². The Kier molecular flexibility index (Phi) is 8.82.